The van der Waals surface area contributed by atoms with E-state index in [2.05, 4.69) is 14.5 Å². The molecule has 22 heavy (non-hydrogen) atoms. The number of fused-ring (bicyclic) bond motifs is 1. The number of methoxy groups -OCH3 is 1. The molecule has 1 saturated heterocycles. The van der Waals surface area contributed by atoms with Crippen molar-refractivity contribution in [2.75, 3.05) is 13.7 Å². The van der Waals surface area contributed by atoms with Crippen LogP contribution in [0.5, 0.6) is 0 Å². The van der Waals surface area contributed by atoms with Gasteiger partial charge >= 0.3 is 12.1 Å². The van der Waals surface area contributed by atoms with E-state index in [0.29, 0.717) is 5.90 Å². The molecular formula is C13H15NO8. The van der Waals surface area contributed by atoms with Gasteiger partial charge in [0.25, 0.3) is 0 Å². The first-order chi connectivity index (χ1) is 10.5. The monoisotopic (exact) mass is 313 g/mol. The molecule has 0 bridgehead atoms. The molecule has 3 aliphatic rings. The minimum absolute atomic E-state index is 0.0806. The Hall–Kier alpha value is -2.29. The molecule has 0 radical (unpaired) electrons. The van der Waals surface area contributed by atoms with E-state index in [0.717, 1.165) is 0 Å². The highest BCUT2D eigenvalue weighted by atomic mass is 16.8. The number of ether oxygens (including phenoxy) is 5. The SMILES string of the molecule is COC(=O)C1=C[C@H]2OC(C)=N[C@H]2[C@H]([C@H](O)[C@H]2COC(=O)O2)O1. The van der Waals surface area contributed by atoms with E-state index in [-0.39, 0.29) is 12.4 Å². The summed E-state index contributed by atoms with van der Waals surface area (Å²) < 4.78 is 25.1. The molecule has 0 aliphatic carbocycles. The van der Waals surface area contributed by atoms with Gasteiger partial charge in [-0.25, -0.2) is 14.6 Å². The fourth-order valence-corrected chi connectivity index (χ4v) is 2.59. The van der Waals surface area contributed by atoms with Crippen LogP contribution in [-0.4, -0.2) is 67.3 Å². The number of hydrogen-bond acceptors (Lipinski definition) is 9. The maximum atomic E-state index is 11.7. The predicted octanol–water partition coefficient (Wildman–Crippen LogP) is -0.476. The average Bonchev–Trinajstić information content (AvgIpc) is 3.09. The Morgan fingerprint density at radius 3 is 2.86 bits per heavy atom. The largest absolute Gasteiger partial charge is 0.508 e. The van der Waals surface area contributed by atoms with Crippen molar-refractivity contribution >= 4 is 18.0 Å². The van der Waals surface area contributed by atoms with Gasteiger partial charge in [-0.05, 0) is 0 Å². The third-order valence-corrected chi connectivity index (χ3v) is 3.61. The van der Waals surface area contributed by atoms with E-state index in [9.17, 15) is 14.7 Å². The quantitative estimate of drug-likeness (QED) is 0.695. The maximum absolute atomic E-state index is 11.7. The van der Waals surface area contributed by atoms with Gasteiger partial charge in [-0.2, -0.15) is 0 Å². The molecule has 0 aromatic heterocycles. The second kappa shape index (κ2) is 5.48. The molecule has 0 amide bonds. The zero-order valence-electron chi connectivity index (χ0n) is 11.9. The van der Waals surface area contributed by atoms with Gasteiger partial charge in [-0.1, -0.05) is 0 Å². The van der Waals surface area contributed by atoms with E-state index in [1.54, 1.807) is 6.92 Å². The van der Waals surface area contributed by atoms with Crippen LogP contribution in [0, 0.1) is 0 Å². The number of hydrogen-bond donors (Lipinski definition) is 1. The predicted molar refractivity (Wildman–Crippen MR) is 69.0 cm³/mol. The van der Waals surface area contributed by atoms with Crippen LogP contribution in [0.15, 0.2) is 16.8 Å². The van der Waals surface area contributed by atoms with Gasteiger partial charge in [0.2, 0.25) is 5.76 Å². The molecule has 5 atom stereocenters. The molecular weight excluding hydrogens is 298 g/mol. The number of cyclic esters (lactones) is 2. The van der Waals surface area contributed by atoms with Crippen molar-refractivity contribution in [3.63, 3.8) is 0 Å². The number of nitrogens with zero attached hydrogens (tertiary/aromatic N) is 1. The minimum Gasteiger partial charge on any atom is -0.478 e. The number of carbonyl (C=O) groups excluding carboxylic acids is 2. The Kier molecular flexibility index (Phi) is 3.65. The summed E-state index contributed by atoms with van der Waals surface area (Å²) in [6.07, 6.45) is -3.02. The molecule has 0 spiro atoms. The van der Waals surface area contributed by atoms with Crippen molar-refractivity contribution < 1.29 is 38.4 Å². The number of aliphatic hydroxyl groups is 1. The lowest BCUT2D eigenvalue weighted by atomic mass is 9.95. The smallest absolute Gasteiger partial charge is 0.478 e. The van der Waals surface area contributed by atoms with Gasteiger partial charge in [0.15, 0.2) is 18.1 Å². The second-order valence-electron chi connectivity index (χ2n) is 5.03. The van der Waals surface area contributed by atoms with Gasteiger partial charge < -0.3 is 28.8 Å². The van der Waals surface area contributed by atoms with E-state index in [4.69, 9.17) is 14.2 Å². The summed E-state index contributed by atoms with van der Waals surface area (Å²) in [6, 6.07) is -0.553. The number of carbonyl (C=O) groups is 2. The van der Waals surface area contributed by atoms with Crippen LogP contribution in [0.2, 0.25) is 0 Å². The van der Waals surface area contributed by atoms with Crippen LogP contribution in [0.4, 0.5) is 4.79 Å². The highest BCUT2D eigenvalue weighted by Gasteiger charge is 2.49. The highest BCUT2D eigenvalue weighted by Crippen LogP contribution is 2.31. The lowest BCUT2D eigenvalue weighted by Crippen LogP contribution is -2.51. The lowest BCUT2D eigenvalue weighted by molar-refractivity contribution is -0.147. The van der Waals surface area contributed by atoms with Crippen LogP contribution in [0.3, 0.4) is 0 Å². The standard InChI is InChI=1S/C13H15NO8/c1-5-14-9-6(20-5)3-7(12(16)18-2)21-11(9)10(15)8-4-19-13(17)22-8/h3,6,8-11,15H,4H2,1-2H3/t6-,8-,9-,10-,11-/m1/s1. The molecule has 0 saturated carbocycles. The molecule has 3 heterocycles. The first-order valence-corrected chi connectivity index (χ1v) is 6.69. The third-order valence-electron chi connectivity index (χ3n) is 3.61. The lowest BCUT2D eigenvalue weighted by Gasteiger charge is -2.34. The van der Waals surface area contributed by atoms with Crippen LogP contribution < -0.4 is 0 Å². The Labute approximate surface area is 125 Å². The summed E-state index contributed by atoms with van der Waals surface area (Å²) >= 11 is 0. The van der Waals surface area contributed by atoms with Gasteiger partial charge in [0.1, 0.15) is 24.9 Å². The van der Waals surface area contributed by atoms with Gasteiger partial charge in [-0.15, -0.1) is 0 Å². The highest BCUT2D eigenvalue weighted by molar-refractivity contribution is 5.87. The molecule has 0 aromatic carbocycles. The molecule has 1 fully saturated rings. The van der Waals surface area contributed by atoms with Gasteiger partial charge in [-0.3, -0.25) is 0 Å². The van der Waals surface area contributed by atoms with Crippen molar-refractivity contribution in [3.05, 3.63) is 11.8 Å². The Morgan fingerprint density at radius 2 is 2.23 bits per heavy atom. The van der Waals surface area contributed by atoms with Gasteiger partial charge in [0.05, 0.1) is 7.11 Å². The number of aliphatic hydroxyl groups excluding tert-OH is 1. The number of rotatable bonds is 3. The molecule has 0 unspecified atom stereocenters. The zero-order valence-corrected chi connectivity index (χ0v) is 11.9. The van der Waals surface area contributed by atoms with Crippen LogP contribution in [0.1, 0.15) is 6.92 Å². The minimum atomic E-state index is -1.23. The van der Waals surface area contributed by atoms with E-state index < -0.39 is 42.6 Å². The van der Waals surface area contributed by atoms with Crippen molar-refractivity contribution in [1.29, 1.82) is 0 Å². The van der Waals surface area contributed by atoms with Crippen molar-refractivity contribution in [1.82, 2.24) is 0 Å². The van der Waals surface area contributed by atoms with Crippen LogP contribution in [-0.2, 0) is 28.5 Å². The topological polar surface area (TPSA) is 113 Å². The molecule has 9 heteroatoms. The van der Waals surface area contributed by atoms with Crippen LogP contribution >= 0.6 is 0 Å². The van der Waals surface area contributed by atoms with Crippen molar-refractivity contribution in [2.45, 2.75) is 37.4 Å². The Balaban J connectivity index is 1.83. The van der Waals surface area contributed by atoms with Gasteiger partial charge in [0, 0.05) is 13.0 Å². The number of esters is 1. The van der Waals surface area contributed by atoms with E-state index >= 15 is 0 Å². The summed E-state index contributed by atoms with van der Waals surface area (Å²) in [4.78, 5) is 26.9. The summed E-state index contributed by atoms with van der Waals surface area (Å²) in [5.41, 5.74) is 0. The first kappa shape index (κ1) is 14.6. The zero-order chi connectivity index (χ0) is 15.9. The second-order valence-corrected chi connectivity index (χ2v) is 5.03. The maximum Gasteiger partial charge on any atom is 0.508 e. The first-order valence-electron chi connectivity index (χ1n) is 6.69. The summed E-state index contributed by atoms with van der Waals surface area (Å²) in [6.45, 7) is 1.56. The molecule has 9 nitrogen and oxygen atoms in total. The van der Waals surface area contributed by atoms with Crippen molar-refractivity contribution in [3.8, 4) is 0 Å². The van der Waals surface area contributed by atoms with E-state index in [1.807, 2.05) is 0 Å². The van der Waals surface area contributed by atoms with Crippen LogP contribution in [0.25, 0.3) is 0 Å². The fraction of sp³-hybridized carbons (Fsp3) is 0.615. The molecule has 0 aromatic rings. The van der Waals surface area contributed by atoms with Crippen molar-refractivity contribution in [2.24, 2.45) is 4.99 Å². The number of aliphatic imine (C=N–C) groups is 1. The Morgan fingerprint density at radius 1 is 1.45 bits per heavy atom. The Bertz CT molecular complexity index is 556. The molecule has 3 aliphatic heterocycles. The third kappa shape index (κ3) is 2.47. The summed E-state index contributed by atoms with van der Waals surface area (Å²) in [5, 5.41) is 10.4. The molecule has 120 valence electrons. The fourth-order valence-electron chi connectivity index (χ4n) is 2.59. The molecule has 3 rings (SSSR count). The summed E-state index contributed by atoms with van der Waals surface area (Å²) in [5.74, 6) is -0.357. The average molecular weight is 313 g/mol. The summed E-state index contributed by atoms with van der Waals surface area (Å²) in [7, 11) is 1.22. The van der Waals surface area contributed by atoms with E-state index in [1.165, 1.54) is 13.2 Å². The molecule has 1 N–H and O–H groups in total. The normalized spacial score (nSPS) is 34.2.